The predicted molar refractivity (Wildman–Crippen MR) is 74.6 cm³/mol. The molecule has 0 saturated carbocycles. The van der Waals surface area contributed by atoms with E-state index in [0.717, 1.165) is 0 Å². The van der Waals surface area contributed by atoms with Gasteiger partial charge in [0.2, 0.25) is 5.91 Å². The number of carbonyl (C=O) groups excluding carboxylic acids is 2. The summed E-state index contributed by atoms with van der Waals surface area (Å²) in [5.74, 6) is 1.59. The Hall–Kier alpha value is -2.43. The molecule has 0 spiro atoms. The van der Waals surface area contributed by atoms with Crippen LogP contribution in [0.1, 0.15) is 35.2 Å². The molecule has 2 rings (SSSR count). The van der Waals surface area contributed by atoms with Crippen LogP contribution < -0.4 is 5.32 Å². The monoisotopic (exact) mass is 272 g/mol. The van der Waals surface area contributed by atoms with E-state index in [9.17, 15) is 9.59 Å². The first-order chi connectivity index (χ1) is 9.56. The van der Waals surface area contributed by atoms with Crippen LogP contribution in [0, 0.1) is 6.92 Å². The Kier molecular flexibility index (Phi) is 4.30. The second-order valence-electron chi connectivity index (χ2n) is 4.50. The minimum Gasteiger partial charge on any atom is -0.466 e. The first-order valence-electron chi connectivity index (χ1n) is 6.37. The van der Waals surface area contributed by atoms with E-state index in [4.69, 9.17) is 4.42 Å². The summed E-state index contributed by atoms with van der Waals surface area (Å²) in [4.78, 5) is 27.1. The lowest BCUT2D eigenvalue weighted by Gasteiger charge is -2.02. The summed E-state index contributed by atoms with van der Waals surface area (Å²) >= 11 is 0. The van der Waals surface area contributed by atoms with Crippen LogP contribution in [0.25, 0.3) is 0 Å². The number of aryl methyl sites for hydroxylation is 2. The van der Waals surface area contributed by atoms with Crippen molar-refractivity contribution in [2.75, 3.05) is 5.32 Å². The summed E-state index contributed by atoms with van der Waals surface area (Å²) in [7, 11) is 0. The number of nitrogens with one attached hydrogen (secondary N) is 1. The van der Waals surface area contributed by atoms with Crippen molar-refractivity contribution in [2.45, 2.75) is 26.7 Å². The van der Waals surface area contributed by atoms with Gasteiger partial charge in [0, 0.05) is 19.0 Å². The van der Waals surface area contributed by atoms with Crippen LogP contribution >= 0.6 is 0 Å². The van der Waals surface area contributed by atoms with Crippen LogP contribution in [0.3, 0.4) is 0 Å². The van der Waals surface area contributed by atoms with Crippen molar-refractivity contribution in [1.29, 1.82) is 0 Å². The van der Waals surface area contributed by atoms with Crippen LogP contribution in [0.2, 0.25) is 0 Å². The second kappa shape index (κ2) is 6.14. The Morgan fingerprint density at radius 1 is 1.35 bits per heavy atom. The molecule has 5 nitrogen and oxygen atoms in total. The number of Topliss-reactive ketones (excluding diaryl/α,β-unsaturated/α-hetero) is 1. The van der Waals surface area contributed by atoms with Crippen molar-refractivity contribution in [3.05, 3.63) is 47.5 Å². The summed E-state index contributed by atoms with van der Waals surface area (Å²) in [5, 5.41) is 2.70. The maximum atomic E-state index is 11.8. The Bertz CT molecular complexity index is 617. The smallest absolute Gasteiger partial charge is 0.225 e. The number of nitrogens with zero attached hydrogens (tertiary/aromatic N) is 1. The normalized spacial score (nSPS) is 10.3. The molecule has 0 aliphatic carbocycles. The third-order valence-electron chi connectivity index (χ3n) is 2.88. The number of ketones is 1. The molecule has 0 unspecified atom stereocenters. The van der Waals surface area contributed by atoms with E-state index in [0.29, 0.717) is 29.3 Å². The highest BCUT2D eigenvalue weighted by molar-refractivity contribution is 5.95. The average molecular weight is 272 g/mol. The van der Waals surface area contributed by atoms with E-state index in [-0.39, 0.29) is 18.1 Å². The lowest BCUT2D eigenvalue weighted by Crippen LogP contribution is -2.12. The molecule has 1 N–H and O–H groups in total. The van der Waals surface area contributed by atoms with Crippen molar-refractivity contribution in [3.8, 4) is 0 Å². The van der Waals surface area contributed by atoms with Gasteiger partial charge in [-0.15, -0.1) is 0 Å². The molecule has 0 aliphatic rings. The van der Waals surface area contributed by atoms with Gasteiger partial charge in [0.15, 0.2) is 5.78 Å². The molecule has 5 heteroatoms. The fourth-order valence-electron chi connectivity index (χ4n) is 1.90. The molecular weight excluding hydrogens is 256 g/mol. The zero-order valence-corrected chi connectivity index (χ0v) is 11.5. The van der Waals surface area contributed by atoms with Gasteiger partial charge in [0.25, 0.3) is 0 Å². The Morgan fingerprint density at radius 2 is 2.15 bits per heavy atom. The molecule has 0 saturated heterocycles. The van der Waals surface area contributed by atoms with Gasteiger partial charge in [-0.2, -0.15) is 0 Å². The predicted octanol–water partition coefficient (Wildman–Crippen LogP) is 2.76. The summed E-state index contributed by atoms with van der Waals surface area (Å²) in [5.41, 5.74) is 0.574. The molecule has 2 aromatic rings. The number of aromatic nitrogens is 1. The van der Waals surface area contributed by atoms with Crippen molar-refractivity contribution < 1.29 is 14.0 Å². The molecule has 0 atom stereocenters. The summed E-state index contributed by atoms with van der Waals surface area (Å²) in [6.45, 7) is 3.24. The van der Waals surface area contributed by atoms with Gasteiger partial charge in [0.1, 0.15) is 17.3 Å². The van der Waals surface area contributed by atoms with Gasteiger partial charge >= 0.3 is 0 Å². The lowest BCUT2D eigenvalue weighted by atomic mass is 10.1. The lowest BCUT2D eigenvalue weighted by molar-refractivity contribution is -0.116. The number of furan rings is 1. The van der Waals surface area contributed by atoms with E-state index >= 15 is 0 Å². The molecule has 0 aliphatic heterocycles. The first-order valence-corrected chi connectivity index (χ1v) is 6.37. The van der Waals surface area contributed by atoms with Crippen molar-refractivity contribution in [1.82, 2.24) is 4.98 Å². The highest BCUT2D eigenvalue weighted by atomic mass is 16.3. The standard InChI is InChI=1S/C15H16N2O3/c1-10(18)13-9-12(20-11(13)2)6-7-15(19)17-14-5-3-4-8-16-14/h3-5,8-9H,6-7H2,1-2H3,(H,16,17,19). The molecule has 1 amide bonds. The third kappa shape index (κ3) is 3.54. The highest BCUT2D eigenvalue weighted by Crippen LogP contribution is 2.16. The SMILES string of the molecule is CC(=O)c1cc(CCC(=O)Nc2ccccn2)oc1C. The number of rotatable bonds is 5. The Labute approximate surface area is 117 Å². The third-order valence-corrected chi connectivity index (χ3v) is 2.88. The zero-order chi connectivity index (χ0) is 14.5. The first kappa shape index (κ1) is 14.0. The van der Waals surface area contributed by atoms with Gasteiger partial charge in [-0.1, -0.05) is 6.07 Å². The molecule has 2 heterocycles. The second-order valence-corrected chi connectivity index (χ2v) is 4.50. The van der Waals surface area contributed by atoms with Crippen LogP contribution in [0.5, 0.6) is 0 Å². The average Bonchev–Trinajstić information content (AvgIpc) is 2.79. The summed E-state index contributed by atoms with van der Waals surface area (Å²) in [6.07, 6.45) is 2.35. The largest absolute Gasteiger partial charge is 0.466 e. The molecular formula is C15H16N2O3. The number of anilines is 1. The molecule has 0 fully saturated rings. The summed E-state index contributed by atoms with van der Waals surface area (Å²) < 4.78 is 5.46. The number of pyridine rings is 1. The van der Waals surface area contributed by atoms with Gasteiger partial charge in [-0.3, -0.25) is 9.59 Å². The zero-order valence-electron chi connectivity index (χ0n) is 11.5. The van der Waals surface area contributed by atoms with E-state index in [1.165, 1.54) is 6.92 Å². The minimum absolute atomic E-state index is 0.0320. The van der Waals surface area contributed by atoms with Gasteiger partial charge in [-0.25, -0.2) is 4.98 Å². The maximum absolute atomic E-state index is 11.8. The van der Waals surface area contributed by atoms with Crippen LogP contribution in [0.15, 0.2) is 34.9 Å². The van der Waals surface area contributed by atoms with Crippen LogP contribution in [-0.2, 0) is 11.2 Å². The van der Waals surface area contributed by atoms with E-state index in [1.54, 1.807) is 37.4 Å². The number of carbonyl (C=O) groups is 2. The van der Waals surface area contributed by atoms with Crippen molar-refractivity contribution >= 4 is 17.5 Å². The fraction of sp³-hybridized carbons (Fsp3) is 0.267. The van der Waals surface area contributed by atoms with Crippen molar-refractivity contribution in [3.63, 3.8) is 0 Å². The highest BCUT2D eigenvalue weighted by Gasteiger charge is 2.12. The fourth-order valence-corrected chi connectivity index (χ4v) is 1.90. The van der Waals surface area contributed by atoms with Crippen LogP contribution in [0.4, 0.5) is 5.82 Å². The van der Waals surface area contributed by atoms with E-state index in [2.05, 4.69) is 10.3 Å². The van der Waals surface area contributed by atoms with Gasteiger partial charge in [0.05, 0.1) is 5.56 Å². The Morgan fingerprint density at radius 3 is 2.75 bits per heavy atom. The molecule has 20 heavy (non-hydrogen) atoms. The minimum atomic E-state index is -0.137. The summed E-state index contributed by atoms with van der Waals surface area (Å²) in [6, 6.07) is 7.01. The van der Waals surface area contributed by atoms with Crippen LogP contribution in [-0.4, -0.2) is 16.7 Å². The maximum Gasteiger partial charge on any atom is 0.225 e. The van der Waals surface area contributed by atoms with E-state index in [1.807, 2.05) is 0 Å². The quantitative estimate of drug-likeness (QED) is 0.849. The van der Waals surface area contributed by atoms with Gasteiger partial charge < -0.3 is 9.73 Å². The number of hydrogen-bond acceptors (Lipinski definition) is 4. The molecule has 0 radical (unpaired) electrons. The molecule has 0 aromatic carbocycles. The van der Waals surface area contributed by atoms with Crippen molar-refractivity contribution in [2.24, 2.45) is 0 Å². The Balaban J connectivity index is 1.90. The molecule has 104 valence electrons. The molecule has 2 aromatic heterocycles. The number of amides is 1. The number of hydrogen-bond donors (Lipinski definition) is 1. The van der Waals surface area contributed by atoms with Gasteiger partial charge in [-0.05, 0) is 32.0 Å². The molecule has 0 bridgehead atoms. The van der Waals surface area contributed by atoms with E-state index < -0.39 is 0 Å². The topological polar surface area (TPSA) is 72.2 Å².